The Morgan fingerprint density at radius 3 is 2.95 bits per heavy atom. The van der Waals surface area contributed by atoms with Gasteiger partial charge in [0.2, 0.25) is 5.91 Å². The molecule has 116 valence electrons. The third kappa shape index (κ3) is 4.73. The zero-order valence-corrected chi connectivity index (χ0v) is 13.0. The number of carbonyl (C=O) groups excluding carboxylic acids is 2. The molecule has 1 aliphatic rings. The quantitative estimate of drug-likeness (QED) is 0.801. The van der Waals surface area contributed by atoms with E-state index in [4.69, 9.17) is 0 Å². The zero-order chi connectivity index (χ0) is 15.1. The summed E-state index contributed by atoms with van der Waals surface area (Å²) in [6, 6.07) is -0.442. The van der Waals surface area contributed by atoms with Crippen molar-refractivity contribution in [3.8, 4) is 0 Å². The molecule has 2 heterocycles. The fourth-order valence-electron chi connectivity index (χ4n) is 2.14. The fraction of sp³-hybridized carbons (Fsp3) is 0.692. The van der Waals surface area contributed by atoms with Crippen LogP contribution in [0.2, 0.25) is 0 Å². The highest BCUT2D eigenvalue weighted by atomic mass is 32.2. The van der Waals surface area contributed by atoms with E-state index in [0.717, 1.165) is 43.2 Å². The molecule has 1 aromatic heterocycles. The molecule has 0 fully saturated rings. The maximum absolute atomic E-state index is 11.7. The van der Waals surface area contributed by atoms with Crippen LogP contribution in [0.4, 0.5) is 4.79 Å². The molecular formula is C13H21N5O2S. The highest BCUT2D eigenvalue weighted by Gasteiger charge is 2.16. The Bertz CT molecular complexity index is 503. The lowest BCUT2D eigenvalue weighted by Gasteiger charge is -2.07. The van der Waals surface area contributed by atoms with Crippen molar-refractivity contribution < 1.29 is 9.59 Å². The molecule has 0 unspecified atom stereocenters. The average molecular weight is 311 g/mol. The van der Waals surface area contributed by atoms with Crippen LogP contribution >= 0.6 is 11.8 Å². The van der Waals surface area contributed by atoms with Gasteiger partial charge >= 0.3 is 6.03 Å². The molecule has 0 saturated heterocycles. The van der Waals surface area contributed by atoms with Gasteiger partial charge in [0.1, 0.15) is 5.82 Å². The van der Waals surface area contributed by atoms with Gasteiger partial charge in [0.05, 0.1) is 5.75 Å². The Hall–Kier alpha value is -1.57. The number of urea groups is 1. The van der Waals surface area contributed by atoms with Crippen LogP contribution in [0.25, 0.3) is 0 Å². The second-order valence-corrected chi connectivity index (χ2v) is 5.90. The molecule has 21 heavy (non-hydrogen) atoms. The standard InChI is InChI=1S/C13H21N5O2S/c1-2-7-14-12(20)15-11(19)9-21-13-17-16-10-6-4-3-5-8-18(10)13/h2-9H2,1H3,(H2,14,15,19,20). The molecule has 1 aliphatic heterocycles. The maximum Gasteiger partial charge on any atom is 0.321 e. The van der Waals surface area contributed by atoms with Gasteiger partial charge < -0.3 is 9.88 Å². The minimum atomic E-state index is -0.442. The molecule has 3 amide bonds. The van der Waals surface area contributed by atoms with E-state index < -0.39 is 6.03 Å². The first kappa shape index (κ1) is 15.8. The number of amides is 3. The van der Waals surface area contributed by atoms with Crippen molar-refractivity contribution in [1.82, 2.24) is 25.4 Å². The number of carbonyl (C=O) groups is 2. The summed E-state index contributed by atoms with van der Waals surface area (Å²) < 4.78 is 2.09. The summed E-state index contributed by atoms with van der Waals surface area (Å²) in [5, 5.41) is 14.0. The van der Waals surface area contributed by atoms with E-state index in [0.29, 0.717) is 6.54 Å². The van der Waals surface area contributed by atoms with Gasteiger partial charge in [-0.3, -0.25) is 10.1 Å². The molecule has 8 heteroatoms. The smallest absolute Gasteiger partial charge is 0.321 e. The van der Waals surface area contributed by atoms with Crippen LogP contribution in [0.5, 0.6) is 0 Å². The van der Waals surface area contributed by atoms with Crippen LogP contribution in [0, 0.1) is 0 Å². The maximum atomic E-state index is 11.7. The number of nitrogens with zero attached hydrogens (tertiary/aromatic N) is 3. The monoisotopic (exact) mass is 311 g/mol. The molecule has 0 spiro atoms. The lowest BCUT2D eigenvalue weighted by molar-refractivity contribution is -0.117. The predicted octanol–water partition coefficient (Wildman–Crippen LogP) is 1.33. The van der Waals surface area contributed by atoms with Crippen molar-refractivity contribution in [2.75, 3.05) is 12.3 Å². The molecule has 0 aliphatic carbocycles. The summed E-state index contributed by atoms with van der Waals surface area (Å²) >= 11 is 1.32. The van der Waals surface area contributed by atoms with Crippen molar-refractivity contribution in [1.29, 1.82) is 0 Å². The van der Waals surface area contributed by atoms with Gasteiger partial charge in [0.25, 0.3) is 0 Å². The Balaban J connectivity index is 1.81. The van der Waals surface area contributed by atoms with Crippen molar-refractivity contribution in [3.05, 3.63) is 5.82 Å². The summed E-state index contributed by atoms with van der Waals surface area (Å²) in [7, 11) is 0. The SMILES string of the molecule is CCCNC(=O)NC(=O)CSc1nnc2n1CCCCC2. The molecule has 0 aromatic carbocycles. The van der Waals surface area contributed by atoms with Crippen LogP contribution < -0.4 is 10.6 Å². The third-order valence-corrected chi connectivity index (χ3v) is 4.16. The van der Waals surface area contributed by atoms with Gasteiger partial charge in [-0.15, -0.1) is 10.2 Å². The van der Waals surface area contributed by atoms with Gasteiger partial charge in [-0.25, -0.2) is 4.79 Å². The van der Waals surface area contributed by atoms with Gasteiger partial charge in [-0.2, -0.15) is 0 Å². The Morgan fingerprint density at radius 2 is 2.14 bits per heavy atom. The first-order valence-corrected chi connectivity index (χ1v) is 8.32. The molecule has 0 saturated carbocycles. The Labute approximate surface area is 128 Å². The van der Waals surface area contributed by atoms with Crippen LogP contribution in [-0.4, -0.2) is 39.0 Å². The number of rotatable bonds is 5. The van der Waals surface area contributed by atoms with Crippen LogP contribution in [0.1, 0.15) is 38.4 Å². The Morgan fingerprint density at radius 1 is 1.29 bits per heavy atom. The Kier molecular flexibility index (Phi) is 6.04. The van der Waals surface area contributed by atoms with E-state index in [1.807, 2.05) is 6.92 Å². The van der Waals surface area contributed by atoms with Gasteiger partial charge in [0.15, 0.2) is 5.16 Å². The number of aryl methyl sites for hydroxylation is 1. The summed E-state index contributed by atoms with van der Waals surface area (Å²) in [6.07, 6.45) is 5.23. The van der Waals surface area contributed by atoms with Gasteiger partial charge in [0, 0.05) is 19.5 Å². The third-order valence-electron chi connectivity index (χ3n) is 3.20. The normalized spacial score (nSPS) is 14.1. The minimum Gasteiger partial charge on any atom is -0.338 e. The van der Waals surface area contributed by atoms with Crippen molar-refractivity contribution in [2.24, 2.45) is 0 Å². The van der Waals surface area contributed by atoms with Crippen molar-refractivity contribution in [2.45, 2.75) is 50.7 Å². The van der Waals surface area contributed by atoms with Crippen molar-refractivity contribution >= 4 is 23.7 Å². The second-order valence-electron chi connectivity index (χ2n) is 4.95. The predicted molar refractivity (Wildman–Crippen MR) is 80.1 cm³/mol. The van der Waals surface area contributed by atoms with E-state index in [1.54, 1.807) is 0 Å². The molecular weight excluding hydrogens is 290 g/mol. The van der Waals surface area contributed by atoms with E-state index >= 15 is 0 Å². The molecule has 0 radical (unpaired) electrons. The van der Waals surface area contributed by atoms with E-state index in [9.17, 15) is 9.59 Å². The summed E-state index contributed by atoms with van der Waals surface area (Å²) in [5.41, 5.74) is 0. The molecule has 0 atom stereocenters. The molecule has 7 nitrogen and oxygen atoms in total. The molecule has 2 rings (SSSR count). The second kappa shape index (κ2) is 8.02. The largest absolute Gasteiger partial charge is 0.338 e. The first-order valence-electron chi connectivity index (χ1n) is 7.33. The molecule has 1 aromatic rings. The topological polar surface area (TPSA) is 88.9 Å². The number of nitrogens with one attached hydrogen (secondary N) is 2. The number of fused-ring (bicyclic) bond motifs is 1. The zero-order valence-electron chi connectivity index (χ0n) is 12.2. The van der Waals surface area contributed by atoms with Crippen LogP contribution in [0.3, 0.4) is 0 Å². The van der Waals surface area contributed by atoms with Gasteiger partial charge in [-0.05, 0) is 19.3 Å². The fourth-order valence-corrected chi connectivity index (χ4v) is 2.92. The summed E-state index contributed by atoms with van der Waals surface area (Å²) in [5.74, 6) is 0.841. The number of thioether (sulfide) groups is 1. The minimum absolute atomic E-state index is 0.164. The number of aromatic nitrogens is 3. The first-order chi connectivity index (χ1) is 10.2. The van der Waals surface area contributed by atoms with E-state index in [2.05, 4.69) is 25.4 Å². The van der Waals surface area contributed by atoms with E-state index in [1.165, 1.54) is 18.2 Å². The lowest BCUT2D eigenvalue weighted by Crippen LogP contribution is -2.40. The highest BCUT2D eigenvalue weighted by Crippen LogP contribution is 2.21. The molecule has 0 bridgehead atoms. The van der Waals surface area contributed by atoms with Crippen LogP contribution in [-0.2, 0) is 17.8 Å². The number of hydrogen-bond donors (Lipinski definition) is 2. The highest BCUT2D eigenvalue weighted by molar-refractivity contribution is 7.99. The number of imide groups is 1. The van der Waals surface area contributed by atoms with E-state index in [-0.39, 0.29) is 11.7 Å². The lowest BCUT2D eigenvalue weighted by atomic mass is 10.2. The number of hydrogen-bond acceptors (Lipinski definition) is 5. The van der Waals surface area contributed by atoms with Crippen molar-refractivity contribution in [3.63, 3.8) is 0 Å². The van der Waals surface area contributed by atoms with Gasteiger partial charge in [-0.1, -0.05) is 25.1 Å². The summed E-state index contributed by atoms with van der Waals surface area (Å²) in [6.45, 7) is 3.42. The summed E-state index contributed by atoms with van der Waals surface area (Å²) in [4.78, 5) is 23.1. The van der Waals surface area contributed by atoms with Crippen LogP contribution in [0.15, 0.2) is 5.16 Å². The molecule has 2 N–H and O–H groups in total. The average Bonchev–Trinajstić information content (AvgIpc) is 2.69.